The third-order valence-electron chi connectivity index (χ3n) is 3.47. The topological polar surface area (TPSA) is 235 Å². The second-order valence-corrected chi connectivity index (χ2v) is 10.2. The maximum Gasteiger partial charge on any atom is 0.490 e. The van der Waals surface area contributed by atoms with Crippen molar-refractivity contribution in [3.05, 3.63) is 27.7 Å². The fourth-order valence-electron chi connectivity index (χ4n) is 2.28. The second-order valence-electron chi connectivity index (χ2n) is 5.77. The van der Waals surface area contributed by atoms with Gasteiger partial charge in [-0.15, -0.1) is 0 Å². The van der Waals surface area contributed by atoms with Crippen LogP contribution in [0.4, 0.5) is 8.78 Å². The summed E-state index contributed by atoms with van der Waals surface area (Å²) in [4.78, 5) is 51.8. The van der Waals surface area contributed by atoms with Crippen LogP contribution in [0.25, 0.3) is 0 Å². The summed E-state index contributed by atoms with van der Waals surface area (Å²) in [5.74, 6) is -1.35. The van der Waals surface area contributed by atoms with Gasteiger partial charge in [0.1, 0.15) is 29.7 Å². The zero-order valence-corrected chi connectivity index (χ0v) is 17.2. The van der Waals surface area contributed by atoms with E-state index in [-0.39, 0.29) is 5.69 Å². The minimum Gasteiger partial charge on any atom is -0.387 e. The lowest BCUT2D eigenvalue weighted by molar-refractivity contribution is -0.0243. The van der Waals surface area contributed by atoms with Gasteiger partial charge in [0.15, 0.2) is 6.17 Å². The number of halogens is 2. The van der Waals surface area contributed by atoms with Crippen molar-refractivity contribution in [1.82, 2.24) is 9.97 Å². The fourth-order valence-corrected chi connectivity index (χ4v) is 5.31. The Bertz CT molecular complexity index is 998. The number of rotatable bonds is 8. The average Bonchev–Trinajstić information content (AvgIpc) is 2.81. The van der Waals surface area contributed by atoms with E-state index < -0.39 is 71.8 Å². The summed E-state index contributed by atoms with van der Waals surface area (Å²) >= 11 is 0. The number of ether oxygens (including phenoxy) is 1. The Hall–Kier alpha value is -0.930. The van der Waals surface area contributed by atoms with Gasteiger partial charge in [-0.25, -0.2) is 23.1 Å². The third kappa shape index (κ3) is 6.53. The Morgan fingerprint density at radius 2 is 1.77 bits per heavy atom. The molecule has 1 aromatic heterocycles. The average molecular weight is 502 g/mol. The van der Waals surface area contributed by atoms with Crippen molar-refractivity contribution in [2.75, 3.05) is 6.61 Å². The number of phosphoric acid groups is 3. The van der Waals surface area contributed by atoms with Crippen LogP contribution in [0.5, 0.6) is 0 Å². The third-order valence-corrected chi connectivity index (χ3v) is 7.27. The quantitative estimate of drug-likeness (QED) is 0.251. The van der Waals surface area contributed by atoms with E-state index in [2.05, 4.69) is 18.1 Å². The molecule has 1 fully saturated rings. The second kappa shape index (κ2) is 8.90. The number of aryl methyl sites for hydroxylation is 1. The molecule has 2 heterocycles. The molecule has 6 N–H and O–H groups in total. The Morgan fingerprint density at radius 1 is 1.17 bits per heavy atom. The highest BCUT2D eigenvalue weighted by Gasteiger charge is 2.48. The van der Waals surface area contributed by atoms with Gasteiger partial charge in [0.05, 0.1) is 6.61 Å². The van der Waals surface area contributed by atoms with Crippen molar-refractivity contribution in [1.29, 1.82) is 0 Å². The maximum absolute atomic E-state index is 14.3. The van der Waals surface area contributed by atoms with Crippen LogP contribution in [0.2, 0.25) is 0 Å². The van der Waals surface area contributed by atoms with Crippen molar-refractivity contribution in [2.24, 2.45) is 0 Å². The highest BCUT2D eigenvalue weighted by molar-refractivity contribution is 7.66. The molecule has 0 amide bonds. The number of alkyl halides is 1. The normalized spacial score (nSPS) is 28.8. The predicted octanol–water partition coefficient (Wildman–Crippen LogP) is -0.300. The Balaban J connectivity index is 2.08. The van der Waals surface area contributed by atoms with Crippen LogP contribution in [0.3, 0.4) is 0 Å². The molecule has 1 aliphatic rings. The Labute approximate surface area is 165 Å². The SMILES string of the molecule is Cc1nc([C@@H]2O[C@H](COP(=O)(O)OP(=O)(O)OP(=O)(O)O)C(O)[C@@H]2F)c(F)[nH]c1=O. The van der Waals surface area contributed by atoms with Gasteiger partial charge in [-0.2, -0.15) is 13.0 Å². The molecule has 172 valence electrons. The van der Waals surface area contributed by atoms with Crippen LogP contribution in [-0.4, -0.2) is 59.6 Å². The maximum atomic E-state index is 14.3. The van der Waals surface area contributed by atoms with Crippen molar-refractivity contribution < 1.29 is 65.0 Å². The number of nitrogens with one attached hydrogen (secondary N) is 1. The summed E-state index contributed by atoms with van der Waals surface area (Å²) < 4.78 is 77.8. The van der Waals surface area contributed by atoms with E-state index in [1.54, 1.807) is 4.98 Å². The van der Waals surface area contributed by atoms with Gasteiger partial charge in [0.2, 0.25) is 5.95 Å². The Kier molecular flexibility index (Phi) is 7.52. The van der Waals surface area contributed by atoms with E-state index in [1.165, 1.54) is 6.92 Å². The molecule has 20 heteroatoms. The van der Waals surface area contributed by atoms with E-state index in [0.29, 0.717) is 0 Å². The molecule has 0 saturated carbocycles. The smallest absolute Gasteiger partial charge is 0.387 e. The molecular formula is C10H15F2N2O13P3. The van der Waals surface area contributed by atoms with Gasteiger partial charge in [-0.3, -0.25) is 14.3 Å². The fraction of sp³-hybridized carbons (Fsp3) is 0.600. The molecule has 3 unspecified atom stereocenters. The standard InChI is InChI=1S/C10H15F2N2O13P3/c1-3-10(16)14-9(12)6(13-3)8-5(11)7(15)4(25-8)2-24-29(20,21)27-30(22,23)26-28(17,18)19/h4-5,7-8,15H,2H2,1H3,(H,14,16)(H,20,21)(H,22,23)(H2,17,18,19)/t4-,5+,7?,8-/m1/s1. The summed E-state index contributed by atoms with van der Waals surface area (Å²) in [7, 11) is -16.9. The molecule has 1 aromatic rings. The number of nitrogens with zero attached hydrogens (tertiary/aromatic N) is 1. The molecule has 0 aromatic carbocycles. The molecule has 0 spiro atoms. The van der Waals surface area contributed by atoms with Gasteiger partial charge in [0.25, 0.3) is 5.56 Å². The monoisotopic (exact) mass is 502 g/mol. The first-order chi connectivity index (χ1) is 13.5. The predicted molar refractivity (Wildman–Crippen MR) is 87.9 cm³/mol. The number of aromatic nitrogens is 2. The molecule has 2 rings (SSSR count). The lowest BCUT2D eigenvalue weighted by Gasteiger charge is -2.19. The number of hydrogen-bond donors (Lipinski definition) is 6. The van der Waals surface area contributed by atoms with Crippen molar-refractivity contribution in [3.8, 4) is 0 Å². The van der Waals surface area contributed by atoms with E-state index in [4.69, 9.17) is 19.4 Å². The van der Waals surface area contributed by atoms with Crippen molar-refractivity contribution in [2.45, 2.75) is 31.4 Å². The van der Waals surface area contributed by atoms with Crippen LogP contribution in [0, 0.1) is 12.9 Å². The molecule has 1 aliphatic heterocycles. The summed E-state index contributed by atoms with van der Waals surface area (Å²) in [5, 5.41) is 9.84. The molecule has 0 radical (unpaired) electrons. The van der Waals surface area contributed by atoms with E-state index in [1.807, 2.05) is 0 Å². The van der Waals surface area contributed by atoms with Gasteiger partial charge in [-0.05, 0) is 6.92 Å². The van der Waals surface area contributed by atoms with Crippen molar-refractivity contribution >= 4 is 23.5 Å². The molecular weight excluding hydrogens is 487 g/mol. The zero-order valence-electron chi connectivity index (χ0n) is 14.6. The van der Waals surface area contributed by atoms with Crippen LogP contribution >= 0.6 is 23.5 Å². The Morgan fingerprint density at radius 3 is 2.33 bits per heavy atom. The minimum absolute atomic E-state index is 0.242. The number of aliphatic hydroxyl groups is 1. The largest absolute Gasteiger partial charge is 0.490 e. The molecule has 1 saturated heterocycles. The summed E-state index contributed by atoms with van der Waals surface area (Å²) in [6.07, 6.45) is -7.99. The van der Waals surface area contributed by atoms with Crippen LogP contribution in [0.1, 0.15) is 17.5 Å². The lowest BCUT2D eigenvalue weighted by atomic mass is 10.1. The summed E-state index contributed by atoms with van der Waals surface area (Å²) in [6.45, 7) is 0.0267. The molecule has 0 aliphatic carbocycles. The van der Waals surface area contributed by atoms with Gasteiger partial charge < -0.3 is 29.4 Å². The highest BCUT2D eigenvalue weighted by atomic mass is 31.3. The first kappa shape index (κ1) is 25.3. The molecule has 6 atom stereocenters. The van der Waals surface area contributed by atoms with Crippen molar-refractivity contribution in [3.63, 3.8) is 0 Å². The molecule has 30 heavy (non-hydrogen) atoms. The zero-order chi connectivity index (χ0) is 23.1. The number of phosphoric ester groups is 1. The van der Waals surface area contributed by atoms with Crippen LogP contribution < -0.4 is 5.56 Å². The van der Waals surface area contributed by atoms with E-state index in [9.17, 15) is 37.3 Å². The van der Waals surface area contributed by atoms with Gasteiger partial charge in [-0.1, -0.05) is 0 Å². The molecule has 15 nitrogen and oxygen atoms in total. The number of H-pyrrole nitrogens is 1. The first-order valence-corrected chi connectivity index (χ1v) is 12.1. The molecule has 0 bridgehead atoms. The highest BCUT2D eigenvalue weighted by Crippen LogP contribution is 2.66. The van der Waals surface area contributed by atoms with Gasteiger partial charge in [0, 0.05) is 0 Å². The first-order valence-electron chi connectivity index (χ1n) is 7.53. The summed E-state index contributed by atoms with van der Waals surface area (Å²) in [6, 6.07) is 0. The number of aromatic amines is 1. The van der Waals surface area contributed by atoms with Crippen LogP contribution in [0.15, 0.2) is 4.79 Å². The minimum atomic E-state index is -5.77. The lowest BCUT2D eigenvalue weighted by Crippen LogP contribution is -2.31. The van der Waals surface area contributed by atoms with Gasteiger partial charge >= 0.3 is 23.5 Å². The van der Waals surface area contributed by atoms with E-state index in [0.717, 1.165) is 0 Å². The number of aliphatic hydroxyl groups excluding tert-OH is 1. The van der Waals surface area contributed by atoms with Crippen LogP contribution in [-0.2, 0) is 31.6 Å². The summed E-state index contributed by atoms with van der Waals surface area (Å²) in [5.41, 5.74) is -1.85. The number of hydrogen-bond acceptors (Lipinski definition) is 10. The van der Waals surface area contributed by atoms with E-state index >= 15 is 0 Å².